The highest BCUT2D eigenvalue weighted by atomic mass is 16.7. The molecule has 6 aromatic heterocycles. The number of H-pyrrole nitrogens is 3. The quantitative estimate of drug-likeness (QED) is 0.0137. The van der Waals surface area contributed by atoms with Gasteiger partial charge in [0, 0.05) is 55.1 Å². The van der Waals surface area contributed by atoms with Gasteiger partial charge in [-0.1, -0.05) is 224 Å². The maximum Gasteiger partial charge on any atom is 0.280 e. The number of nitrogens with one attached hydrogen (secondary N) is 8. The SMILES string of the molecule is CC(C)C(=O)Nc1nc2c(ncn2C2CC(N)C(CO[N+](C)(C)C(C)(C)C)O2)c(=O)[nH]1.CC(C)C(=O)Nc1nc2c(ncn2C2CC(NC(c3ccccc3)(c3ccccc3)c3ccccc3)C(CO)O2)c(=O)[nH]1.CC(C)C(=O)Nc1nc2c(ncn2C2CC(NC(c3ccccc3)(c3ccccc3)c3ccccc3)C(CO[N+](C)(C)C(C)(C)C)O2)c(=O)[nH]1. The highest BCUT2D eigenvalue weighted by Crippen LogP contribution is 2.44. The fraction of sp³-hybridized carbons (Fsp3) is 0.413. The van der Waals surface area contributed by atoms with E-state index >= 15 is 0 Å². The van der Waals surface area contributed by atoms with Gasteiger partial charge in [-0.05, 0) is 74.9 Å². The molecule has 9 heterocycles. The molecular weight excluding hydrogens is 1580 g/mol. The normalized spacial score (nSPS) is 19.6. The van der Waals surface area contributed by atoms with Crippen molar-refractivity contribution in [3.05, 3.63) is 265 Å². The van der Waals surface area contributed by atoms with Gasteiger partial charge >= 0.3 is 0 Å². The van der Waals surface area contributed by atoms with Crippen LogP contribution in [-0.4, -0.2) is 186 Å². The molecular formula is C92H116N20O12+2. The predicted molar refractivity (Wildman–Crippen MR) is 473 cm³/mol. The topological polar surface area (TPSA) is 394 Å². The number of aliphatic hydroxyl groups excluding tert-OH is 1. The number of hydrogen-bond donors (Lipinski definition) is 10. The largest absolute Gasteiger partial charge is 0.394 e. The Labute approximate surface area is 719 Å². The van der Waals surface area contributed by atoms with Crippen molar-refractivity contribution in [2.24, 2.45) is 23.5 Å². The summed E-state index contributed by atoms with van der Waals surface area (Å²) in [6, 6.07) is 61.2. The lowest BCUT2D eigenvalue weighted by atomic mass is 9.76. The average molecular weight is 1690 g/mol. The molecule has 32 heteroatoms. The summed E-state index contributed by atoms with van der Waals surface area (Å²) in [7, 11) is 8.07. The maximum atomic E-state index is 13.1. The number of quaternary nitrogens is 2. The minimum Gasteiger partial charge on any atom is -0.394 e. The van der Waals surface area contributed by atoms with E-state index in [2.05, 4.69) is 222 Å². The number of hydroxylamine groups is 6. The first-order chi connectivity index (χ1) is 59.0. The summed E-state index contributed by atoms with van der Waals surface area (Å²) in [6.45, 7) is 23.7. The Balaban J connectivity index is 0.000000164. The Morgan fingerprint density at radius 1 is 0.435 bits per heavy atom. The molecule has 0 radical (unpaired) electrons. The van der Waals surface area contributed by atoms with E-state index in [9.17, 15) is 33.9 Å². The van der Waals surface area contributed by atoms with Crippen LogP contribution in [-0.2, 0) is 49.3 Å². The standard InChI is InChI=1S/C39H47N7O4.C33H34N6O4.C20H33N7O4/c1-26(2)35(47)42-37-41-34-33(36(48)43-37)40-25-45(34)32-23-30(31(50-32)24-49-46(6,7)38(3,4)5)44-39(27-17-11-8-12-18-27,28-19-13-9-14-20-28)29-21-15-10-16-22-29;1-21(2)30(41)36-32-35-29-28(31(42)37-32)34-20-39(29)27-18-25(26(19-40)43-27)38-33(22-12-6-3-7-13-22,23-14-8-4-9-15-23)24-16-10-5-11-17-24;1-11(2)17(28)24-19-23-16-15(18(29)25-19)22-10-26(16)14-8-12(21)13(31-14)9-30-27(6,7)20(3,4)5/h8-22,25-26,30-32,44H,23-24H2,1-7H3,(H-,41,42,43,47,48);3-17,20-21,25-27,38,40H,18-19H2,1-2H3,(H2,35,36,37,41,42);10-14H,8-9,21H2,1-7H3,(H-,23,24,25,28,29)/p+2. The Hall–Kier alpha value is -11.7. The van der Waals surface area contributed by atoms with Gasteiger partial charge in [0.1, 0.15) is 55.2 Å². The van der Waals surface area contributed by atoms with Crippen LogP contribution in [0.3, 0.4) is 0 Å². The molecule has 0 spiro atoms. The van der Waals surface area contributed by atoms with Crippen LogP contribution in [0.5, 0.6) is 0 Å². The molecule has 32 nitrogen and oxygen atoms in total. The highest BCUT2D eigenvalue weighted by molar-refractivity contribution is 5.92. The number of aliphatic hydroxyl groups is 1. The zero-order valence-electron chi connectivity index (χ0n) is 73.2. The second-order valence-electron chi connectivity index (χ2n) is 35.4. The van der Waals surface area contributed by atoms with Crippen LogP contribution in [0.1, 0.15) is 154 Å². The summed E-state index contributed by atoms with van der Waals surface area (Å²) in [5.74, 6) is -1.42. The molecule has 3 saturated heterocycles. The van der Waals surface area contributed by atoms with Gasteiger partial charge in [0.25, 0.3) is 16.7 Å². The van der Waals surface area contributed by atoms with E-state index in [0.29, 0.717) is 53.1 Å². The Morgan fingerprint density at radius 3 is 0.968 bits per heavy atom. The molecule has 9 unspecified atom stereocenters. The van der Waals surface area contributed by atoms with Gasteiger partial charge < -0.3 is 25.1 Å². The van der Waals surface area contributed by atoms with E-state index in [4.69, 9.17) is 29.6 Å². The van der Waals surface area contributed by atoms with Crippen molar-refractivity contribution < 1.29 is 52.7 Å². The molecule has 0 bridgehead atoms. The first kappa shape index (κ1) is 90.1. The van der Waals surface area contributed by atoms with Crippen molar-refractivity contribution in [3.8, 4) is 0 Å². The van der Waals surface area contributed by atoms with E-state index in [-0.39, 0.29) is 117 Å². The van der Waals surface area contributed by atoms with Gasteiger partial charge in [0.15, 0.2) is 33.5 Å². The molecule has 0 aliphatic carbocycles. The van der Waals surface area contributed by atoms with Gasteiger partial charge in [-0.15, -0.1) is 0 Å². The number of nitrogens with two attached hydrogens (primary N) is 1. The Kier molecular flexibility index (Phi) is 27.2. The number of aromatic nitrogens is 12. The number of anilines is 3. The molecule has 0 saturated carbocycles. The van der Waals surface area contributed by atoms with Gasteiger partial charge in [0.2, 0.25) is 35.6 Å². The maximum absolute atomic E-state index is 13.1. The van der Waals surface area contributed by atoms with Crippen LogP contribution >= 0.6 is 0 Å². The van der Waals surface area contributed by atoms with Gasteiger partial charge in [-0.25, -0.2) is 24.6 Å². The monoisotopic (exact) mass is 1690 g/mol. The van der Waals surface area contributed by atoms with E-state index < -0.39 is 58.6 Å². The molecule has 3 aliphatic rings. The molecule has 654 valence electrons. The minimum absolute atomic E-state index is 0.0422. The lowest BCUT2D eigenvalue weighted by Crippen LogP contribution is -2.57. The van der Waals surface area contributed by atoms with Crippen LogP contribution < -0.4 is 49.0 Å². The summed E-state index contributed by atoms with van der Waals surface area (Å²) < 4.78 is 25.2. The highest BCUT2D eigenvalue weighted by Gasteiger charge is 2.49. The van der Waals surface area contributed by atoms with Gasteiger partial charge in [-0.2, -0.15) is 24.2 Å². The Bertz CT molecular complexity index is 5640. The molecule has 124 heavy (non-hydrogen) atoms. The third kappa shape index (κ3) is 19.3. The van der Waals surface area contributed by atoms with Gasteiger partial charge in [-0.3, -0.25) is 84.0 Å². The van der Waals surface area contributed by atoms with E-state index in [1.165, 1.54) is 12.7 Å². The van der Waals surface area contributed by atoms with Crippen LogP contribution in [0.2, 0.25) is 0 Å². The van der Waals surface area contributed by atoms with Crippen LogP contribution in [0.4, 0.5) is 17.8 Å². The van der Waals surface area contributed by atoms with Crippen molar-refractivity contribution in [1.82, 2.24) is 69.2 Å². The first-order valence-corrected chi connectivity index (χ1v) is 42.0. The van der Waals surface area contributed by atoms with Crippen LogP contribution in [0, 0.1) is 17.8 Å². The number of aromatic amines is 3. The minimum atomic E-state index is -0.763. The number of fused-ring (bicyclic) bond motifs is 3. The van der Waals surface area contributed by atoms with Crippen molar-refractivity contribution >= 4 is 69.1 Å². The molecule has 15 rings (SSSR count). The van der Waals surface area contributed by atoms with Crippen LogP contribution in [0.25, 0.3) is 33.5 Å². The number of hydrogen-bond acceptors (Lipinski definition) is 21. The third-order valence-corrected chi connectivity index (χ3v) is 23.9. The smallest absolute Gasteiger partial charge is 0.280 e. The van der Waals surface area contributed by atoms with Crippen molar-refractivity contribution in [3.63, 3.8) is 0 Å². The molecule has 12 aromatic rings. The molecule has 9 atom stereocenters. The predicted octanol–water partition coefficient (Wildman–Crippen LogP) is 10.8. The molecule has 3 amide bonds. The second-order valence-corrected chi connectivity index (χ2v) is 35.4. The third-order valence-electron chi connectivity index (χ3n) is 23.9. The van der Waals surface area contributed by atoms with Crippen molar-refractivity contribution in [1.29, 1.82) is 0 Å². The van der Waals surface area contributed by atoms with Crippen molar-refractivity contribution in [2.75, 3.05) is 64.0 Å². The zero-order chi connectivity index (χ0) is 88.8. The number of nitrogens with zero attached hydrogens (tertiary/aromatic N) is 11. The van der Waals surface area contributed by atoms with E-state index in [1.807, 2.05) is 101 Å². The van der Waals surface area contributed by atoms with Crippen molar-refractivity contribution in [2.45, 2.75) is 180 Å². The van der Waals surface area contributed by atoms with E-state index in [0.717, 1.165) is 33.4 Å². The molecule has 6 aromatic carbocycles. The lowest BCUT2D eigenvalue weighted by molar-refractivity contribution is -1.11. The number of benzene rings is 6. The number of amides is 3. The summed E-state index contributed by atoms with van der Waals surface area (Å²) in [5.41, 5.74) is 10.9. The van der Waals surface area contributed by atoms with Crippen LogP contribution in [0.15, 0.2) is 215 Å². The summed E-state index contributed by atoms with van der Waals surface area (Å²) >= 11 is 0. The average Bonchev–Trinajstić information content (AvgIpc) is 1.14. The number of carbonyl (C=O) groups is 3. The molecule has 11 N–H and O–H groups in total. The summed E-state index contributed by atoms with van der Waals surface area (Å²) in [4.78, 5) is 122. The van der Waals surface area contributed by atoms with Gasteiger partial charge in [0.05, 0.1) is 71.0 Å². The zero-order valence-corrected chi connectivity index (χ0v) is 73.2. The lowest BCUT2D eigenvalue weighted by Gasteiger charge is -2.42. The number of ether oxygens (including phenoxy) is 3. The second kappa shape index (κ2) is 37.4. The summed E-state index contributed by atoms with van der Waals surface area (Å²) in [5, 5.41) is 26.5. The number of imidazole rings is 3. The first-order valence-electron chi connectivity index (χ1n) is 42.0. The number of carbonyl (C=O) groups excluding carboxylic acids is 3. The molecule has 3 fully saturated rings. The van der Waals surface area contributed by atoms with E-state index in [1.54, 1.807) is 61.6 Å². The molecule has 3 aliphatic heterocycles. The Morgan fingerprint density at radius 2 is 0.694 bits per heavy atom. The fourth-order valence-electron chi connectivity index (χ4n) is 15.0. The fourth-order valence-corrected chi connectivity index (χ4v) is 15.0. The summed E-state index contributed by atoms with van der Waals surface area (Å²) in [6.07, 6.45) is 3.23. The number of rotatable bonds is 26.